The smallest absolute Gasteiger partial charge is 0.286 e. The van der Waals surface area contributed by atoms with Gasteiger partial charge in [0.05, 0.1) is 6.26 Å². The molecule has 10 heteroatoms. The van der Waals surface area contributed by atoms with Crippen LogP contribution in [0.15, 0.2) is 47.1 Å². The molecule has 1 fully saturated rings. The van der Waals surface area contributed by atoms with Gasteiger partial charge in [0.2, 0.25) is 15.9 Å². The number of furan rings is 1. The molecule has 1 aliphatic rings. The molecular formula is C25H29N5O4S. The zero-order valence-electron chi connectivity index (χ0n) is 19.8. The Balaban J connectivity index is 1.22. The van der Waals surface area contributed by atoms with Gasteiger partial charge in [0, 0.05) is 37.7 Å². The Labute approximate surface area is 207 Å². The van der Waals surface area contributed by atoms with Crippen LogP contribution in [-0.2, 0) is 11.2 Å². The summed E-state index contributed by atoms with van der Waals surface area (Å²) in [7, 11) is 0. The monoisotopic (exact) mass is 495 g/mol. The molecule has 184 valence electrons. The van der Waals surface area contributed by atoms with Crippen LogP contribution in [-0.4, -0.2) is 52.0 Å². The molecular weight excluding hydrogens is 466 g/mol. The van der Waals surface area contributed by atoms with E-state index in [-0.39, 0.29) is 33.8 Å². The Morgan fingerprint density at radius 3 is 2.51 bits per heavy atom. The summed E-state index contributed by atoms with van der Waals surface area (Å²) in [6.45, 7) is 5.02. The van der Waals surface area contributed by atoms with E-state index in [0.717, 1.165) is 35.5 Å². The summed E-state index contributed by atoms with van der Waals surface area (Å²) in [5.41, 5.74) is 1.75. The minimum Gasteiger partial charge on any atom is -0.469 e. The fourth-order valence-corrected chi connectivity index (χ4v) is 4.78. The summed E-state index contributed by atoms with van der Waals surface area (Å²) >= 11 is 0.987. The number of amides is 3. The second-order valence-corrected chi connectivity index (χ2v) is 9.90. The van der Waals surface area contributed by atoms with Crippen molar-refractivity contribution in [1.29, 1.82) is 0 Å². The van der Waals surface area contributed by atoms with E-state index in [1.54, 1.807) is 11.2 Å². The van der Waals surface area contributed by atoms with Gasteiger partial charge in [-0.3, -0.25) is 14.4 Å². The van der Waals surface area contributed by atoms with Crippen molar-refractivity contribution in [3.05, 3.63) is 64.0 Å². The standard InChI is InChI=1S/C25H29N5O4S/c1-16-5-7-19(8-6-16)27-22(32)23-28-29-24(35-23)25(33)30-11-9-18(10-12-30)15-21(31)26-17(2)14-20-4-3-13-34-20/h3-8,13,17-18H,9-12,14-15H2,1-2H3,(H,26,31)(H,27,32)/t17-/m0/s1. The van der Waals surface area contributed by atoms with Gasteiger partial charge < -0.3 is 20.0 Å². The summed E-state index contributed by atoms with van der Waals surface area (Å²) in [4.78, 5) is 39.5. The minimum atomic E-state index is -0.392. The molecule has 0 bridgehead atoms. The van der Waals surface area contributed by atoms with Crippen LogP contribution in [0.5, 0.6) is 0 Å². The number of carbonyl (C=O) groups is 3. The maximum absolute atomic E-state index is 12.9. The maximum Gasteiger partial charge on any atom is 0.286 e. The normalized spacial score (nSPS) is 15.0. The van der Waals surface area contributed by atoms with Crippen molar-refractivity contribution < 1.29 is 18.8 Å². The molecule has 1 aliphatic heterocycles. The molecule has 3 amide bonds. The van der Waals surface area contributed by atoms with Gasteiger partial charge in [0.15, 0.2) is 0 Å². The molecule has 0 unspecified atom stereocenters. The first-order valence-electron chi connectivity index (χ1n) is 11.7. The topological polar surface area (TPSA) is 117 Å². The fourth-order valence-electron chi connectivity index (χ4n) is 4.08. The Kier molecular flexibility index (Phi) is 7.91. The lowest BCUT2D eigenvalue weighted by molar-refractivity contribution is -0.122. The molecule has 9 nitrogen and oxygen atoms in total. The van der Waals surface area contributed by atoms with E-state index in [1.165, 1.54) is 0 Å². The van der Waals surface area contributed by atoms with Gasteiger partial charge in [-0.2, -0.15) is 0 Å². The van der Waals surface area contributed by atoms with Crippen LogP contribution < -0.4 is 10.6 Å². The van der Waals surface area contributed by atoms with Gasteiger partial charge in [-0.1, -0.05) is 29.0 Å². The molecule has 0 spiro atoms. The molecule has 35 heavy (non-hydrogen) atoms. The number of nitrogens with zero attached hydrogens (tertiary/aromatic N) is 3. The van der Waals surface area contributed by atoms with E-state index in [2.05, 4.69) is 20.8 Å². The van der Waals surface area contributed by atoms with Crippen LogP contribution in [0.1, 0.15) is 57.1 Å². The fraction of sp³-hybridized carbons (Fsp3) is 0.400. The average molecular weight is 496 g/mol. The summed E-state index contributed by atoms with van der Waals surface area (Å²) in [6.07, 6.45) is 4.20. The van der Waals surface area contributed by atoms with Gasteiger partial charge in [-0.05, 0) is 56.9 Å². The van der Waals surface area contributed by atoms with Gasteiger partial charge in [-0.15, -0.1) is 10.2 Å². The molecule has 4 rings (SSSR count). The molecule has 1 aromatic carbocycles. The van der Waals surface area contributed by atoms with Gasteiger partial charge in [-0.25, -0.2) is 0 Å². The summed E-state index contributed by atoms with van der Waals surface area (Å²) in [6, 6.07) is 11.1. The number of likely N-dealkylation sites (tertiary alicyclic amines) is 1. The zero-order valence-corrected chi connectivity index (χ0v) is 20.6. The average Bonchev–Trinajstić information content (AvgIpc) is 3.53. The predicted molar refractivity (Wildman–Crippen MR) is 132 cm³/mol. The van der Waals surface area contributed by atoms with Crippen LogP contribution >= 0.6 is 11.3 Å². The molecule has 3 aromatic rings. The third kappa shape index (κ3) is 6.75. The first kappa shape index (κ1) is 24.6. The van der Waals surface area contributed by atoms with Crippen molar-refractivity contribution >= 4 is 34.7 Å². The van der Waals surface area contributed by atoms with Crippen molar-refractivity contribution in [2.24, 2.45) is 5.92 Å². The SMILES string of the molecule is Cc1ccc(NC(=O)c2nnc(C(=O)N3CCC(CC(=O)N[C@@H](C)Cc4ccco4)CC3)s2)cc1. The molecule has 2 N–H and O–H groups in total. The second kappa shape index (κ2) is 11.3. The van der Waals surface area contributed by atoms with Crippen LogP contribution in [0.4, 0.5) is 5.69 Å². The number of hydrogen-bond donors (Lipinski definition) is 2. The highest BCUT2D eigenvalue weighted by molar-refractivity contribution is 7.15. The highest BCUT2D eigenvalue weighted by Crippen LogP contribution is 2.23. The number of piperidine rings is 1. The third-order valence-corrected chi connectivity index (χ3v) is 6.89. The van der Waals surface area contributed by atoms with Crippen LogP contribution in [0, 0.1) is 12.8 Å². The Hall–Kier alpha value is -3.53. The summed E-state index contributed by atoms with van der Waals surface area (Å²) in [5.74, 6) is 0.461. The lowest BCUT2D eigenvalue weighted by Gasteiger charge is -2.31. The molecule has 0 radical (unpaired) electrons. The van der Waals surface area contributed by atoms with Crippen LogP contribution in [0.25, 0.3) is 0 Å². The van der Waals surface area contributed by atoms with Crippen molar-refractivity contribution in [3.63, 3.8) is 0 Å². The van der Waals surface area contributed by atoms with E-state index >= 15 is 0 Å². The number of aromatic nitrogens is 2. The zero-order chi connectivity index (χ0) is 24.8. The molecule has 0 saturated carbocycles. The molecule has 0 aliphatic carbocycles. The lowest BCUT2D eigenvalue weighted by Crippen LogP contribution is -2.40. The Morgan fingerprint density at radius 2 is 1.83 bits per heavy atom. The van der Waals surface area contributed by atoms with Gasteiger partial charge >= 0.3 is 0 Å². The third-order valence-electron chi connectivity index (χ3n) is 5.98. The van der Waals surface area contributed by atoms with Crippen LogP contribution in [0.2, 0.25) is 0 Å². The quantitative estimate of drug-likeness (QED) is 0.492. The number of rotatable bonds is 8. The second-order valence-electron chi connectivity index (χ2n) is 8.92. The van der Waals surface area contributed by atoms with E-state index in [9.17, 15) is 14.4 Å². The lowest BCUT2D eigenvalue weighted by atomic mass is 9.93. The number of hydrogen-bond acceptors (Lipinski definition) is 7. The van der Waals surface area contributed by atoms with E-state index in [1.807, 2.05) is 50.2 Å². The number of anilines is 1. The van der Waals surface area contributed by atoms with Crippen molar-refractivity contribution in [3.8, 4) is 0 Å². The highest BCUT2D eigenvalue weighted by Gasteiger charge is 2.28. The van der Waals surface area contributed by atoms with E-state index in [0.29, 0.717) is 31.6 Å². The Morgan fingerprint density at radius 1 is 1.11 bits per heavy atom. The Bertz CT molecular complexity index is 1150. The van der Waals surface area contributed by atoms with Crippen molar-refractivity contribution in [2.75, 3.05) is 18.4 Å². The molecule has 2 aromatic heterocycles. The first-order chi connectivity index (χ1) is 16.9. The van der Waals surface area contributed by atoms with Crippen LogP contribution in [0.3, 0.4) is 0 Å². The summed E-state index contributed by atoms with van der Waals surface area (Å²) < 4.78 is 5.33. The maximum atomic E-state index is 12.9. The number of carbonyl (C=O) groups excluding carboxylic acids is 3. The number of benzene rings is 1. The molecule has 3 heterocycles. The first-order valence-corrected chi connectivity index (χ1v) is 12.5. The highest BCUT2D eigenvalue weighted by atomic mass is 32.1. The predicted octanol–water partition coefficient (Wildman–Crippen LogP) is 3.68. The summed E-state index contributed by atoms with van der Waals surface area (Å²) in [5, 5.41) is 14.0. The van der Waals surface area contributed by atoms with Gasteiger partial charge in [0.1, 0.15) is 5.76 Å². The van der Waals surface area contributed by atoms with E-state index < -0.39 is 5.91 Å². The van der Waals surface area contributed by atoms with E-state index in [4.69, 9.17) is 4.42 Å². The van der Waals surface area contributed by atoms with Gasteiger partial charge in [0.25, 0.3) is 11.8 Å². The molecule has 1 saturated heterocycles. The number of aryl methyl sites for hydroxylation is 1. The van der Waals surface area contributed by atoms with Crippen molar-refractivity contribution in [1.82, 2.24) is 20.4 Å². The molecule has 1 atom stereocenters. The largest absolute Gasteiger partial charge is 0.469 e. The minimum absolute atomic E-state index is 0.00915. The van der Waals surface area contributed by atoms with Crippen molar-refractivity contribution in [2.45, 2.75) is 45.6 Å². The number of nitrogens with one attached hydrogen (secondary N) is 2.